The van der Waals surface area contributed by atoms with Gasteiger partial charge in [-0.1, -0.05) is 0 Å². The van der Waals surface area contributed by atoms with Gasteiger partial charge in [0.15, 0.2) is 21.4 Å². The van der Waals surface area contributed by atoms with Gasteiger partial charge in [0.2, 0.25) is 5.91 Å². The van der Waals surface area contributed by atoms with E-state index in [1.165, 1.54) is 0 Å². The number of carbonyl (C=O) groups is 1. The molecular weight excluding hydrogens is 834 g/mol. The summed E-state index contributed by atoms with van der Waals surface area (Å²) in [5.41, 5.74) is -3.71. The van der Waals surface area contributed by atoms with E-state index in [1.54, 1.807) is 0 Å². The maximum absolute atomic E-state index is 15.2. The van der Waals surface area contributed by atoms with Crippen molar-refractivity contribution < 1.29 is 78.8 Å². The molecule has 0 saturated carbocycles. The van der Waals surface area contributed by atoms with Gasteiger partial charge in [-0.15, -0.1) is 15.3 Å². The molecule has 0 aliphatic heterocycles. The summed E-state index contributed by atoms with van der Waals surface area (Å²) in [6.07, 6.45) is 0. The summed E-state index contributed by atoms with van der Waals surface area (Å²) in [7, 11) is -24.7. The zero-order valence-corrected chi connectivity index (χ0v) is 30.5. The van der Waals surface area contributed by atoms with Gasteiger partial charge in [0.05, 0.1) is 33.5 Å². The number of hydrogen-bond donors (Lipinski definition) is 6. The molecule has 4 aromatic carbocycles. The number of nitrogens with zero attached hydrogens (tertiary/aromatic N) is 4. The summed E-state index contributed by atoms with van der Waals surface area (Å²) in [4.78, 5) is 8.10. The van der Waals surface area contributed by atoms with Crippen molar-refractivity contribution in [2.75, 3.05) is 17.7 Å². The number of halogens is 1. The highest BCUT2D eigenvalue weighted by atomic mass is 32.3. The van der Waals surface area contributed by atoms with Crippen molar-refractivity contribution in [2.45, 2.75) is 26.5 Å². The van der Waals surface area contributed by atoms with Gasteiger partial charge in [-0.25, -0.2) is 17.0 Å². The van der Waals surface area contributed by atoms with Crippen LogP contribution in [0.2, 0.25) is 0 Å². The van der Waals surface area contributed by atoms with Gasteiger partial charge in [0.25, 0.3) is 30.4 Å². The molecule has 6 N–H and O–H groups in total. The number of hydrogen-bond acceptors (Lipinski definition) is 17. The molecule has 0 atom stereocenters. The Morgan fingerprint density at radius 3 is 1.85 bits per heavy atom. The first-order valence-electron chi connectivity index (χ1n) is 13.8. The zero-order valence-electron chi connectivity index (χ0n) is 26.5. The van der Waals surface area contributed by atoms with Crippen molar-refractivity contribution in [2.24, 2.45) is 20.5 Å². The average Bonchev–Trinajstić information content (AvgIpc) is 3.01. The molecule has 22 nitrogen and oxygen atoms in total. The molecule has 0 aliphatic carbocycles. The number of amides is 1. The molecule has 0 radical (unpaired) electrons. The molecule has 290 valence electrons. The highest BCUT2D eigenvalue weighted by Crippen LogP contribution is 2.45. The van der Waals surface area contributed by atoms with E-state index in [-0.39, 0.29) is 10.6 Å². The van der Waals surface area contributed by atoms with Crippen molar-refractivity contribution in [3.63, 3.8) is 0 Å². The average molecular weight is 856 g/mol. The Morgan fingerprint density at radius 2 is 1.31 bits per heavy atom. The lowest BCUT2D eigenvalue weighted by atomic mass is 10.1. The minimum atomic E-state index is -5.40. The van der Waals surface area contributed by atoms with Crippen LogP contribution in [-0.2, 0) is 59.6 Å². The molecular formula is C26H22FN5O17S5. The Kier molecular flexibility index (Phi) is 11.7. The molecule has 4 rings (SSSR count). The Balaban J connectivity index is 1.79. The number of benzene rings is 4. The molecule has 28 heteroatoms. The molecule has 0 fully saturated rings. The lowest BCUT2D eigenvalue weighted by molar-refractivity contribution is -0.114. The van der Waals surface area contributed by atoms with E-state index >= 15 is 4.39 Å². The van der Waals surface area contributed by atoms with E-state index in [2.05, 4.69) is 30.0 Å². The van der Waals surface area contributed by atoms with Crippen LogP contribution < -0.4 is 5.32 Å². The van der Waals surface area contributed by atoms with E-state index < -0.39 is 129 Å². The molecule has 0 heterocycles. The van der Waals surface area contributed by atoms with Crippen LogP contribution in [0.4, 0.5) is 32.8 Å². The summed E-state index contributed by atoms with van der Waals surface area (Å²) in [5, 5.41) is 26.2. The Morgan fingerprint density at radius 1 is 0.722 bits per heavy atom. The molecule has 1 amide bonds. The number of carbonyl (C=O) groups excluding carboxylic acids is 1. The number of rotatable bonds is 13. The SMILES string of the molecule is CC(=O)Nc1cc(S(=O)(=O)O)cc2cc(S(=O)(=O)O)c(N=Nc3cc(F)c(N=Nc4ccc(S(=O)(=O)CCOS(=O)(=O)O)cc4)cc3S(=O)(=O)O)c(O)c12. The second-order valence-corrected chi connectivity index (χ2v) is 17.9. The summed E-state index contributed by atoms with van der Waals surface area (Å²) in [6, 6.07) is 6.74. The second kappa shape index (κ2) is 15.1. The van der Waals surface area contributed by atoms with Gasteiger partial charge in [0, 0.05) is 18.4 Å². The topological polar surface area (TPSA) is 360 Å². The summed E-state index contributed by atoms with van der Waals surface area (Å²) in [6.45, 7) is 0.0603. The number of azo groups is 2. The van der Waals surface area contributed by atoms with Crippen LogP contribution in [0.25, 0.3) is 10.8 Å². The minimum absolute atomic E-state index is 0.133. The molecule has 0 saturated heterocycles. The fourth-order valence-electron chi connectivity index (χ4n) is 4.39. The number of phenols is 1. The third kappa shape index (κ3) is 10.2. The quantitative estimate of drug-likeness (QED) is 0.0822. The molecule has 0 aliphatic rings. The Labute approximate surface area is 304 Å². The summed E-state index contributed by atoms with van der Waals surface area (Å²) < 4.78 is 176. The zero-order chi connectivity index (χ0) is 40.6. The van der Waals surface area contributed by atoms with Crippen molar-refractivity contribution in [1.82, 2.24) is 0 Å². The van der Waals surface area contributed by atoms with Gasteiger partial charge in [-0.05, 0) is 53.9 Å². The van der Waals surface area contributed by atoms with E-state index in [1.807, 2.05) is 0 Å². The van der Waals surface area contributed by atoms with E-state index in [0.717, 1.165) is 31.2 Å². The highest BCUT2D eigenvalue weighted by Gasteiger charge is 2.27. The van der Waals surface area contributed by atoms with E-state index in [9.17, 15) is 65.6 Å². The number of sulfone groups is 1. The third-order valence-corrected chi connectivity index (χ3v) is 11.4. The van der Waals surface area contributed by atoms with Crippen molar-refractivity contribution in [1.29, 1.82) is 0 Å². The standard InChI is InChI=1S/C26H22FN5O17S5/c1-13(33)28-21-10-17(51(37,38)39)8-14-9-23(53(43,44)45)25(26(34)24(14)21)32-31-20-11-18(27)19(12-22(20)52(40,41)42)30-29-15-2-4-16(5-3-15)50(35,36)7-6-49-54(46,47)48/h2-5,8-12,34H,6-7H2,1H3,(H,28,33)(H,37,38,39)(H,40,41,42)(H,43,44,45)(H,46,47,48). The first kappa shape index (κ1) is 41.8. The first-order valence-corrected chi connectivity index (χ1v) is 21.2. The highest BCUT2D eigenvalue weighted by molar-refractivity contribution is 7.91. The van der Waals surface area contributed by atoms with Gasteiger partial charge in [0.1, 0.15) is 26.9 Å². The minimum Gasteiger partial charge on any atom is -0.505 e. The Bertz CT molecular complexity index is 2830. The van der Waals surface area contributed by atoms with E-state index in [0.29, 0.717) is 30.3 Å². The van der Waals surface area contributed by atoms with Crippen LogP contribution >= 0.6 is 0 Å². The normalized spacial score (nSPS) is 13.2. The first-order chi connectivity index (χ1) is 24.7. The Hall–Kier alpha value is -4.91. The second-order valence-electron chi connectivity index (χ2n) is 10.5. The maximum atomic E-state index is 15.2. The molecule has 0 unspecified atom stereocenters. The third-order valence-electron chi connectivity index (χ3n) is 6.63. The monoisotopic (exact) mass is 855 g/mol. The lowest BCUT2D eigenvalue weighted by Crippen LogP contribution is -2.15. The summed E-state index contributed by atoms with van der Waals surface area (Å²) >= 11 is 0. The molecule has 0 spiro atoms. The predicted octanol–water partition coefficient (Wildman–Crippen LogP) is 3.81. The van der Waals surface area contributed by atoms with Gasteiger partial charge >= 0.3 is 10.4 Å². The van der Waals surface area contributed by atoms with Crippen LogP contribution in [0.1, 0.15) is 6.92 Å². The molecule has 0 bridgehead atoms. The molecule has 0 aromatic heterocycles. The van der Waals surface area contributed by atoms with Crippen molar-refractivity contribution in [3.8, 4) is 5.75 Å². The predicted molar refractivity (Wildman–Crippen MR) is 180 cm³/mol. The van der Waals surface area contributed by atoms with Crippen LogP contribution in [0, 0.1) is 5.82 Å². The van der Waals surface area contributed by atoms with Crippen LogP contribution in [0.15, 0.2) is 94.6 Å². The fourth-order valence-corrected chi connectivity index (χ4v) is 7.70. The van der Waals surface area contributed by atoms with Gasteiger partial charge < -0.3 is 10.4 Å². The van der Waals surface area contributed by atoms with Crippen molar-refractivity contribution >= 4 is 95.7 Å². The number of fused-ring (bicyclic) bond motifs is 1. The smallest absolute Gasteiger partial charge is 0.397 e. The number of anilines is 1. The van der Waals surface area contributed by atoms with Crippen LogP contribution in [0.3, 0.4) is 0 Å². The van der Waals surface area contributed by atoms with Gasteiger partial charge in [-0.2, -0.15) is 38.8 Å². The molecule has 54 heavy (non-hydrogen) atoms. The van der Waals surface area contributed by atoms with Crippen LogP contribution in [0.5, 0.6) is 5.75 Å². The lowest BCUT2D eigenvalue weighted by Gasteiger charge is -2.14. The largest absolute Gasteiger partial charge is 0.505 e. The number of phenolic OH excluding ortho intramolecular Hbond substituents is 1. The van der Waals surface area contributed by atoms with Crippen LogP contribution in [-0.4, -0.2) is 83.7 Å². The van der Waals surface area contributed by atoms with Crippen molar-refractivity contribution in [3.05, 3.63) is 60.4 Å². The number of nitrogens with one attached hydrogen (secondary N) is 1. The summed E-state index contributed by atoms with van der Waals surface area (Å²) in [5.74, 6) is -4.29. The maximum Gasteiger partial charge on any atom is 0.397 e. The fraction of sp³-hybridized carbons (Fsp3) is 0.115. The molecule has 4 aromatic rings. The number of aromatic hydroxyl groups is 1. The van der Waals surface area contributed by atoms with E-state index in [4.69, 9.17) is 4.55 Å². The van der Waals surface area contributed by atoms with Gasteiger partial charge in [-0.3, -0.25) is 23.0 Å².